The Kier molecular flexibility index (Phi) is 3.03. The molecule has 17 heavy (non-hydrogen) atoms. The Hall–Kier alpha value is -1.61. The SMILES string of the molecule is Cc1cc(C)c(-c2cc(CN)n(C)n2)c(C)c1. The van der Waals surface area contributed by atoms with Crippen LogP contribution in [0.3, 0.4) is 0 Å². The molecule has 0 atom stereocenters. The largest absolute Gasteiger partial charge is 0.325 e. The van der Waals surface area contributed by atoms with E-state index in [9.17, 15) is 0 Å². The normalized spacial score (nSPS) is 10.9. The van der Waals surface area contributed by atoms with Gasteiger partial charge in [-0.2, -0.15) is 5.10 Å². The summed E-state index contributed by atoms with van der Waals surface area (Å²) in [5.41, 5.74) is 12.8. The lowest BCUT2D eigenvalue weighted by molar-refractivity contribution is 0.714. The van der Waals surface area contributed by atoms with Crippen LogP contribution in [0.15, 0.2) is 18.2 Å². The monoisotopic (exact) mass is 229 g/mol. The molecule has 0 bridgehead atoms. The predicted octanol–water partition coefficient (Wildman–Crippen LogP) is 2.47. The molecule has 0 unspecified atom stereocenters. The van der Waals surface area contributed by atoms with Crippen LogP contribution >= 0.6 is 0 Å². The zero-order valence-corrected chi connectivity index (χ0v) is 10.9. The second kappa shape index (κ2) is 4.34. The summed E-state index contributed by atoms with van der Waals surface area (Å²) in [7, 11) is 1.94. The second-order valence-electron chi connectivity index (χ2n) is 4.62. The lowest BCUT2D eigenvalue weighted by Crippen LogP contribution is -2.03. The van der Waals surface area contributed by atoms with Gasteiger partial charge < -0.3 is 5.73 Å². The van der Waals surface area contributed by atoms with Gasteiger partial charge in [0.1, 0.15) is 0 Å². The molecule has 0 aliphatic rings. The van der Waals surface area contributed by atoms with Gasteiger partial charge in [0.15, 0.2) is 0 Å². The van der Waals surface area contributed by atoms with Crippen LogP contribution in [-0.2, 0) is 13.6 Å². The molecule has 1 aromatic carbocycles. The fourth-order valence-electron chi connectivity index (χ4n) is 2.40. The highest BCUT2D eigenvalue weighted by molar-refractivity contribution is 5.68. The highest BCUT2D eigenvalue weighted by Gasteiger charge is 2.11. The Bertz CT molecular complexity index is 530. The first-order valence-corrected chi connectivity index (χ1v) is 5.84. The lowest BCUT2D eigenvalue weighted by atomic mass is 9.97. The van der Waals surface area contributed by atoms with E-state index in [1.54, 1.807) is 0 Å². The van der Waals surface area contributed by atoms with Gasteiger partial charge in [-0.3, -0.25) is 4.68 Å². The number of aromatic nitrogens is 2. The van der Waals surface area contributed by atoms with Crippen molar-refractivity contribution in [3.8, 4) is 11.3 Å². The summed E-state index contributed by atoms with van der Waals surface area (Å²) >= 11 is 0. The summed E-state index contributed by atoms with van der Waals surface area (Å²) in [6.45, 7) is 6.90. The van der Waals surface area contributed by atoms with E-state index in [4.69, 9.17) is 5.73 Å². The summed E-state index contributed by atoms with van der Waals surface area (Å²) < 4.78 is 1.86. The fourth-order valence-corrected chi connectivity index (χ4v) is 2.40. The van der Waals surface area contributed by atoms with Gasteiger partial charge in [-0.15, -0.1) is 0 Å². The van der Waals surface area contributed by atoms with E-state index in [2.05, 4.69) is 44.1 Å². The third-order valence-electron chi connectivity index (χ3n) is 3.12. The smallest absolute Gasteiger partial charge is 0.0931 e. The van der Waals surface area contributed by atoms with Crippen LogP contribution in [0.1, 0.15) is 22.4 Å². The van der Waals surface area contributed by atoms with Crippen LogP contribution in [0.25, 0.3) is 11.3 Å². The molecule has 0 amide bonds. The van der Waals surface area contributed by atoms with Crippen LogP contribution in [0.2, 0.25) is 0 Å². The van der Waals surface area contributed by atoms with Crippen molar-refractivity contribution in [2.45, 2.75) is 27.3 Å². The van der Waals surface area contributed by atoms with E-state index in [0.29, 0.717) is 6.54 Å². The minimum Gasteiger partial charge on any atom is -0.325 e. The zero-order chi connectivity index (χ0) is 12.6. The summed E-state index contributed by atoms with van der Waals surface area (Å²) in [6, 6.07) is 6.46. The third-order valence-corrected chi connectivity index (χ3v) is 3.12. The van der Waals surface area contributed by atoms with Crippen molar-refractivity contribution in [3.63, 3.8) is 0 Å². The molecule has 3 heteroatoms. The minimum atomic E-state index is 0.521. The maximum atomic E-state index is 5.68. The molecule has 0 spiro atoms. The number of aryl methyl sites for hydroxylation is 4. The molecule has 2 N–H and O–H groups in total. The van der Waals surface area contributed by atoms with Gasteiger partial charge in [0.2, 0.25) is 0 Å². The fraction of sp³-hybridized carbons (Fsp3) is 0.357. The number of nitrogens with zero attached hydrogens (tertiary/aromatic N) is 2. The van der Waals surface area contributed by atoms with Crippen molar-refractivity contribution in [1.29, 1.82) is 0 Å². The molecule has 2 aromatic rings. The van der Waals surface area contributed by atoms with Crippen LogP contribution < -0.4 is 5.73 Å². The molecule has 1 aromatic heterocycles. The standard InChI is InChI=1S/C14H19N3/c1-9-5-10(2)14(11(3)6-9)13-7-12(8-15)17(4)16-13/h5-7H,8,15H2,1-4H3. The number of nitrogens with two attached hydrogens (primary N) is 1. The third kappa shape index (κ3) is 2.11. The van der Waals surface area contributed by atoms with E-state index in [-0.39, 0.29) is 0 Å². The Morgan fingerprint density at radius 3 is 2.18 bits per heavy atom. The first-order valence-electron chi connectivity index (χ1n) is 5.84. The average molecular weight is 229 g/mol. The maximum absolute atomic E-state index is 5.68. The average Bonchev–Trinajstić information content (AvgIpc) is 2.57. The van der Waals surface area contributed by atoms with E-state index >= 15 is 0 Å². The highest BCUT2D eigenvalue weighted by atomic mass is 15.3. The molecule has 2 rings (SSSR count). The highest BCUT2D eigenvalue weighted by Crippen LogP contribution is 2.27. The molecule has 90 valence electrons. The van der Waals surface area contributed by atoms with Crippen molar-refractivity contribution >= 4 is 0 Å². The van der Waals surface area contributed by atoms with Gasteiger partial charge in [-0.05, 0) is 38.0 Å². The molecule has 3 nitrogen and oxygen atoms in total. The van der Waals surface area contributed by atoms with Crippen molar-refractivity contribution in [2.24, 2.45) is 12.8 Å². The van der Waals surface area contributed by atoms with Crippen LogP contribution in [0.4, 0.5) is 0 Å². The van der Waals surface area contributed by atoms with E-state index < -0.39 is 0 Å². The second-order valence-corrected chi connectivity index (χ2v) is 4.62. The van der Waals surface area contributed by atoms with E-state index in [0.717, 1.165) is 11.4 Å². The topological polar surface area (TPSA) is 43.8 Å². The molecular formula is C14H19N3. The van der Waals surface area contributed by atoms with Gasteiger partial charge in [0.25, 0.3) is 0 Å². The Morgan fingerprint density at radius 2 is 1.71 bits per heavy atom. The van der Waals surface area contributed by atoms with Crippen molar-refractivity contribution < 1.29 is 0 Å². The van der Waals surface area contributed by atoms with Gasteiger partial charge >= 0.3 is 0 Å². The molecule has 1 heterocycles. The van der Waals surface area contributed by atoms with Gasteiger partial charge in [0, 0.05) is 19.2 Å². The molecule has 0 saturated heterocycles. The summed E-state index contributed by atoms with van der Waals surface area (Å²) in [5.74, 6) is 0. The molecule has 0 aliphatic heterocycles. The Morgan fingerprint density at radius 1 is 1.12 bits per heavy atom. The van der Waals surface area contributed by atoms with Gasteiger partial charge in [0.05, 0.1) is 11.4 Å². The zero-order valence-electron chi connectivity index (χ0n) is 10.9. The number of benzene rings is 1. The lowest BCUT2D eigenvalue weighted by Gasteiger charge is -2.08. The van der Waals surface area contributed by atoms with Crippen molar-refractivity contribution in [1.82, 2.24) is 9.78 Å². The summed E-state index contributed by atoms with van der Waals surface area (Å²) in [6.07, 6.45) is 0. The van der Waals surface area contributed by atoms with E-state index in [1.165, 1.54) is 22.3 Å². The minimum absolute atomic E-state index is 0.521. The first kappa shape index (κ1) is 11.9. The maximum Gasteiger partial charge on any atom is 0.0931 e. The van der Waals surface area contributed by atoms with Crippen molar-refractivity contribution in [2.75, 3.05) is 0 Å². The van der Waals surface area contributed by atoms with Crippen LogP contribution in [0, 0.1) is 20.8 Å². The van der Waals surface area contributed by atoms with Gasteiger partial charge in [-0.1, -0.05) is 17.7 Å². The Labute approximate surface area is 102 Å². The summed E-state index contributed by atoms with van der Waals surface area (Å²) in [4.78, 5) is 0. The molecule has 0 fully saturated rings. The van der Waals surface area contributed by atoms with E-state index in [1.807, 2.05) is 11.7 Å². The number of hydrogen-bond acceptors (Lipinski definition) is 2. The van der Waals surface area contributed by atoms with Gasteiger partial charge in [-0.25, -0.2) is 0 Å². The molecule has 0 aliphatic carbocycles. The predicted molar refractivity (Wildman–Crippen MR) is 70.7 cm³/mol. The molecule has 0 saturated carbocycles. The quantitative estimate of drug-likeness (QED) is 0.859. The Balaban J connectivity index is 2.60. The molecular weight excluding hydrogens is 210 g/mol. The first-order chi connectivity index (χ1) is 8.02. The number of hydrogen-bond donors (Lipinski definition) is 1. The van der Waals surface area contributed by atoms with Crippen molar-refractivity contribution in [3.05, 3.63) is 40.6 Å². The van der Waals surface area contributed by atoms with Crippen LogP contribution in [-0.4, -0.2) is 9.78 Å². The number of rotatable bonds is 2. The summed E-state index contributed by atoms with van der Waals surface area (Å²) in [5, 5.41) is 4.54. The van der Waals surface area contributed by atoms with Crippen LogP contribution in [0.5, 0.6) is 0 Å². The molecule has 0 radical (unpaired) electrons.